The molecule has 2 heterocycles. The van der Waals surface area contributed by atoms with E-state index in [1.165, 1.54) is 4.57 Å². The van der Waals surface area contributed by atoms with E-state index < -0.39 is 0 Å². The molecule has 0 saturated carbocycles. The number of H-pyrrole nitrogens is 2. The van der Waals surface area contributed by atoms with Gasteiger partial charge in [0.15, 0.2) is 4.77 Å². The van der Waals surface area contributed by atoms with Crippen LogP contribution in [0.25, 0.3) is 22.2 Å². The number of rotatable bonds is 6. The summed E-state index contributed by atoms with van der Waals surface area (Å²) in [4.78, 5) is 35.8. The van der Waals surface area contributed by atoms with Crippen LogP contribution >= 0.6 is 12.2 Å². The first-order chi connectivity index (χ1) is 14.5. The van der Waals surface area contributed by atoms with E-state index in [0.717, 1.165) is 11.3 Å². The number of carbonyl (C=O) groups is 1. The minimum Gasteiger partial charge on any atom is -0.346 e. The van der Waals surface area contributed by atoms with Gasteiger partial charge in [0.1, 0.15) is 5.82 Å². The fourth-order valence-corrected chi connectivity index (χ4v) is 3.60. The average Bonchev–Trinajstić information content (AvgIpc) is 3.25. The molecule has 0 radical (unpaired) electrons. The molecule has 0 fully saturated rings. The number of aromatic amines is 2. The predicted octanol–water partition coefficient (Wildman–Crippen LogP) is 3.72. The number of imidazole rings is 1. The topological polar surface area (TPSA) is 95.6 Å². The quantitative estimate of drug-likeness (QED) is 0.415. The van der Waals surface area contributed by atoms with Gasteiger partial charge in [-0.25, -0.2) is 4.98 Å². The van der Waals surface area contributed by atoms with Gasteiger partial charge in [-0.15, -0.1) is 0 Å². The van der Waals surface area contributed by atoms with Crippen molar-refractivity contribution >= 4 is 29.0 Å². The molecule has 8 heteroatoms. The van der Waals surface area contributed by atoms with Gasteiger partial charge in [-0.2, -0.15) is 0 Å². The van der Waals surface area contributed by atoms with Gasteiger partial charge in [0.2, 0.25) is 5.91 Å². The SMILES string of the molecule is CC(NC(=O)CCn1c(=S)[nH]c2ccccc2c1=O)c1ncc(-c2ccccc2)[nH]1. The minimum absolute atomic E-state index is 0.131. The lowest BCUT2D eigenvalue weighted by Gasteiger charge is -2.12. The summed E-state index contributed by atoms with van der Waals surface area (Å²) in [6, 6.07) is 16.7. The highest BCUT2D eigenvalue weighted by Gasteiger charge is 2.14. The van der Waals surface area contributed by atoms with Crippen LogP contribution in [0.5, 0.6) is 0 Å². The summed E-state index contributed by atoms with van der Waals surface area (Å²) in [6.45, 7) is 2.06. The second-order valence-electron chi connectivity index (χ2n) is 7.02. The molecule has 1 atom stereocenters. The van der Waals surface area contributed by atoms with Crippen LogP contribution in [-0.2, 0) is 11.3 Å². The Balaban J connectivity index is 1.42. The molecular formula is C22H21N5O2S. The van der Waals surface area contributed by atoms with Crippen molar-refractivity contribution < 1.29 is 4.79 Å². The maximum atomic E-state index is 12.7. The first-order valence-electron chi connectivity index (χ1n) is 9.64. The molecule has 0 aliphatic carbocycles. The summed E-state index contributed by atoms with van der Waals surface area (Å²) in [6.07, 6.45) is 1.88. The van der Waals surface area contributed by atoms with Crippen molar-refractivity contribution in [1.82, 2.24) is 24.8 Å². The first-order valence-corrected chi connectivity index (χ1v) is 10.1. The number of aromatic nitrogens is 4. The van der Waals surface area contributed by atoms with E-state index in [0.29, 0.717) is 21.5 Å². The Morgan fingerprint density at radius 1 is 1.13 bits per heavy atom. The Labute approximate surface area is 177 Å². The van der Waals surface area contributed by atoms with E-state index in [1.807, 2.05) is 43.3 Å². The predicted molar refractivity (Wildman–Crippen MR) is 119 cm³/mol. The fraction of sp³-hybridized carbons (Fsp3) is 0.182. The van der Waals surface area contributed by atoms with Crippen molar-refractivity contribution in [3.63, 3.8) is 0 Å². The first kappa shape index (κ1) is 19.8. The number of carbonyl (C=O) groups excluding carboxylic acids is 1. The van der Waals surface area contributed by atoms with E-state index in [4.69, 9.17) is 12.2 Å². The van der Waals surface area contributed by atoms with Gasteiger partial charge in [-0.05, 0) is 36.8 Å². The van der Waals surface area contributed by atoms with E-state index >= 15 is 0 Å². The van der Waals surface area contributed by atoms with E-state index in [1.54, 1.807) is 24.4 Å². The van der Waals surface area contributed by atoms with Crippen molar-refractivity contribution in [2.75, 3.05) is 0 Å². The number of fused-ring (bicyclic) bond motifs is 1. The molecule has 4 aromatic rings. The molecule has 152 valence electrons. The molecule has 2 aromatic heterocycles. The molecule has 0 saturated heterocycles. The van der Waals surface area contributed by atoms with Crippen molar-refractivity contribution in [3.05, 3.63) is 81.7 Å². The molecule has 1 amide bonds. The number of nitrogens with one attached hydrogen (secondary N) is 3. The monoisotopic (exact) mass is 419 g/mol. The maximum absolute atomic E-state index is 12.7. The molecule has 0 aliphatic rings. The van der Waals surface area contributed by atoms with E-state index in [9.17, 15) is 9.59 Å². The van der Waals surface area contributed by atoms with Gasteiger partial charge in [0.05, 0.1) is 28.8 Å². The Morgan fingerprint density at radius 2 is 1.87 bits per heavy atom. The molecule has 0 bridgehead atoms. The maximum Gasteiger partial charge on any atom is 0.262 e. The molecule has 0 aliphatic heterocycles. The van der Waals surface area contributed by atoms with Gasteiger partial charge in [0.25, 0.3) is 5.56 Å². The Bertz CT molecular complexity index is 1310. The lowest BCUT2D eigenvalue weighted by Crippen LogP contribution is -2.30. The third kappa shape index (κ3) is 4.08. The van der Waals surface area contributed by atoms with Gasteiger partial charge in [-0.1, -0.05) is 42.5 Å². The van der Waals surface area contributed by atoms with E-state index in [2.05, 4.69) is 20.3 Å². The molecule has 30 heavy (non-hydrogen) atoms. The normalized spacial score (nSPS) is 12.0. The summed E-state index contributed by atoms with van der Waals surface area (Å²) in [5.74, 6) is 0.483. The highest BCUT2D eigenvalue weighted by Crippen LogP contribution is 2.18. The fourth-order valence-electron chi connectivity index (χ4n) is 3.32. The molecule has 1 unspecified atom stereocenters. The second-order valence-corrected chi connectivity index (χ2v) is 7.41. The molecule has 0 spiro atoms. The lowest BCUT2D eigenvalue weighted by molar-refractivity contribution is -0.122. The average molecular weight is 420 g/mol. The van der Waals surface area contributed by atoms with Crippen molar-refractivity contribution in [2.24, 2.45) is 0 Å². The van der Waals surface area contributed by atoms with Crippen molar-refractivity contribution in [2.45, 2.75) is 25.9 Å². The van der Waals surface area contributed by atoms with Crippen molar-refractivity contribution in [3.8, 4) is 11.3 Å². The lowest BCUT2D eigenvalue weighted by atomic mass is 10.2. The van der Waals surface area contributed by atoms with Crippen LogP contribution < -0.4 is 10.9 Å². The zero-order chi connectivity index (χ0) is 21.1. The number of hydrogen-bond donors (Lipinski definition) is 3. The third-order valence-electron chi connectivity index (χ3n) is 4.92. The second kappa shape index (κ2) is 8.46. The van der Waals surface area contributed by atoms with Crippen LogP contribution in [0, 0.1) is 4.77 Å². The van der Waals surface area contributed by atoms with Crippen LogP contribution in [0.3, 0.4) is 0 Å². The number of para-hydroxylation sites is 1. The zero-order valence-corrected chi connectivity index (χ0v) is 17.2. The minimum atomic E-state index is -0.294. The number of nitrogens with zero attached hydrogens (tertiary/aromatic N) is 2. The smallest absolute Gasteiger partial charge is 0.262 e. The van der Waals surface area contributed by atoms with Gasteiger partial charge in [0, 0.05) is 13.0 Å². The summed E-state index contributed by atoms with van der Waals surface area (Å²) in [7, 11) is 0. The number of benzene rings is 2. The molecule has 4 rings (SSSR count). The summed E-state index contributed by atoms with van der Waals surface area (Å²) >= 11 is 5.29. The summed E-state index contributed by atoms with van der Waals surface area (Å²) in [5.41, 5.74) is 2.41. The summed E-state index contributed by atoms with van der Waals surface area (Å²) in [5, 5.41) is 3.46. The van der Waals surface area contributed by atoms with Gasteiger partial charge < -0.3 is 15.3 Å². The third-order valence-corrected chi connectivity index (χ3v) is 5.24. The van der Waals surface area contributed by atoms with E-state index in [-0.39, 0.29) is 30.5 Å². The molecule has 7 nitrogen and oxygen atoms in total. The van der Waals surface area contributed by atoms with Crippen molar-refractivity contribution in [1.29, 1.82) is 0 Å². The Morgan fingerprint density at radius 3 is 2.67 bits per heavy atom. The Kier molecular flexibility index (Phi) is 5.58. The highest BCUT2D eigenvalue weighted by molar-refractivity contribution is 7.71. The standard InChI is InChI=1S/C22H21N5O2S/c1-14(20-23-13-18(25-20)15-7-3-2-4-8-15)24-19(28)11-12-27-21(29)16-9-5-6-10-17(16)26-22(27)30/h2-10,13-14H,11-12H2,1H3,(H,23,25)(H,24,28)(H,26,30). The molecular weight excluding hydrogens is 398 g/mol. The van der Waals surface area contributed by atoms with Crippen LogP contribution in [0.15, 0.2) is 65.6 Å². The molecule has 2 aromatic carbocycles. The van der Waals surface area contributed by atoms with Gasteiger partial charge in [-0.3, -0.25) is 14.2 Å². The summed E-state index contributed by atoms with van der Waals surface area (Å²) < 4.78 is 1.72. The molecule has 3 N–H and O–H groups in total. The largest absolute Gasteiger partial charge is 0.346 e. The highest BCUT2D eigenvalue weighted by atomic mass is 32.1. The van der Waals surface area contributed by atoms with Crippen LogP contribution in [0.1, 0.15) is 25.2 Å². The van der Waals surface area contributed by atoms with Gasteiger partial charge >= 0.3 is 0 Å². The van der Waals surface area contributed by atoms with Crippen LogP contribution in [0.2, 0.25) is 0 Å². The van der Waals surface area contributed by atoms with Crippen LogP contribution in [-0.4, -0.2) is 25.4 Å². The Hall–Kier alpha value is -3.52. The number of amides is 1. The number of hydrogen-bond acceptors (Lipinski definition) is 4. The van der Waals surface area contributed by atoms with Crippen LogP contribution in [0.4, 0.5) is 0 Å². The zero-order valence-electron chi connectivity index (χ0n) is 16.4.